The van der Waals surface area contributed by atoms with Gasteiger partial charge in [-0.2, -0.15) is 0 Å². The van der Waals surface area contributed by atoms with Gasteiger partial charge in [0.25, 0.3) is 0 Å². The molecule has 0 radical (unpaired) electrons. The van der Waals surface area contributed by atoms with Crippen molar-refractivity contribution in [1.29, 1.82) is 0 Å². The van der Waals surface area contributed by atoms with Gasteiger partial charge in [-0.25, -0.2) is 4.79 Å². The molecule has 1 amide bonds. The zero-order chi connectivity index (χ0) is 15.2. The Hall–Kier alpha value is -1.79. The van der Waals surface area contributed by atoms with Crippen molar-refractivity contribution in [2.75, 3.05) is 11.1 Å². The van der Waals surface area contributed by atoms with E-state index in [0.717, 1.165) is 9.37 Å². The molecule has 2 aromatic rings. The SMILES string of the molecule is O=C(CSc1cccc(C(=O)O)c1)Nc1cccc(Br)c1. The van der Waals surface area contributed by atoms with Gasteiger partial charge in [0.15, 0.2) is 0 Å². The lowest BCUT2D eigenvalue weighted by Crippen LogP contribution is -2.13. The first kappa shape index (κ1) is 15.6. The van der Waals surface area contributed by atoms with Crippen LogP contribution in [0.4, 0.5) is 5.69 Å². The number of carbonyl (C=O) groups is 2. The number of carbonyl (C=O) groups excluding carboxylic acids is 1. The van der Waals surface area contributed by atoms with E-state index in [9.17, 15) is 9.59 Å². The molecule has 0 bridgehead atoms. The van der Waals surface area contributed by atoms with Gasteiger partial charge in [-0.05, 0) is 36.4 Å². The van der Waals surface area contributed by atoms with Gasteiger partial charge in [-0.3, -0.25) is 4.79 Å². The Balaban J connectivity index is 1.92. The van der Waals surface area contributed by atoms with Gasteiger partial charge in [0.05, 0.1) is 11.3 Å². The molecule has 0 aliphatic rings. The van der Waals surface area contributed by atoms with E-state index in [-0.39, 0.29) is 17.2 Å². The maximum Gasteiger partial charge on any atom is 0.335 e. The minimum Gasteiger partial charge on any atom is -0.478 e. The van der Waals surface area contributed by atoms with Crippen LogP contribution in [0.15, 0.2) is 57.9 Å². The molecule has 0 saturated heterocycles. The number of nitrogens with one attached hydrogen (secondary N) is 1. The normalized spacial score (nSPS) is 10.1. The second-order valence-electron chi connectivity index (χ2n) is 4.18. The molecule has 0 aromatic heterocycles. The maximum absolute atomic E-state index is 11.9. The lowest BCUT2D eigenvalue weighted by Gasteiger charge is -2.06. The molecule has 6 heteroatoms. The fourth-order valence-electron chi connectivity index (χ4n) is 1.63. The van der Waals surface area contributed by atoms with Crippen LogP contribution in [-0.2, 0) is 4.79 Å². The zero-order valence-corrected chi connectivity index (χ0v) is 13.3. The predicted octanol–water partition coefficient (Wildman–Crippen LogP) is 3.88. The largest absolute Gasteiger partial charge is 0.478 e. The highest BCUT2D eigenvalue weighted by Gasteiger charge is 2.07. The summed E-state index contributed by atoms with van der Waals surface area (Å²) < 4.78 is 0.891. The van der Waals surface area contributed by atoms with Crippen molar-refractivity contribution in [2.24, 2.45) is 0 Å². The molecule has 2 N–H and O–H groups in total. The number of halogens is 1. The third-order valence-electron chi connectivity index (χ3n) is 2.56. The fourth-order valence-corrected chi connectivity index (χ4v) is 2.79. The van der Waals surface area contributed by atoms with Gasteiger partial charge in [-0.15, -0.1) is 11.8 Å². The van der Waals surface area contributed by atoms with E-state index in [1.165, 1.54) is 17.8 Å². The first-order valence-corrected chi connectivity index (χ1v) is 7.84. The Morgan fingerprint density at radius 1 is 1.14 bits per heavy atom. The number of anilines is 1. The van der Waals surface area contributed by atoms with Crippen LogP contribution in [0.5, 0.6) is 0 Å². The molecular weight excluding hydrogens is 354 g/mol. The van der Waals surface area contributed by atoms with Gasteiger partial charge in [0.1, 0.15) is 0 Å². The molecular formula is C15H12BrNO3S. The molecule has 0 saturated carbocycles. The average Bonchev–Trinajstić information content (AvgIpc) is 2.45. The molecule has 21 heavy (non-hydrogen) atoms. The number of benzene rings is 2. The molecule has 0 aliphatic heterocycles. The highest BCUT2D eigenvalue weighted by atomic mass is 79.9. The van der Waals surface area contributed by atoms with Crippen molar-refractivity contribution < 1.29 is 14.7 Å². The lowest BCUT2D eigenvalue weighted by atomic mass is 10.2. The maximum atomic E-state index is 11.9. The van der Waals surface area contributed by atoms with Crippen LogP contribution in [0.1, 0.15) is 10.4 Å². The van der Waals surface area contributed by atoms with E-state index in [4.69, 9.17) is 5.11 Å². The highest BCUT2D eigenvalue weighted by molar-refractivity contribution is 9.10. The second-order valence-corrected chi connectivity index (χ2v) is 6.14. The van der Waals surface area contributed by atoms with Crippen LogP contribution in [0.3, 0.4) is 0 Å². The first-order valence-electron chi connectivity index (χ1n) is 6.06. The fraction of sp³-hybridized carbons (Fsp3) is 0.0667. The van der Waals surface area contributed by atoms with Gasteiger partial charge < -0.3 is 10.4 Å². The second kappa shape index (κ2) is 7.28. The van der Waals surface area contributed by atoms with E-state index in [1.807, 2.05) is 18.2 Å². The third kappa shape index (κ3) is 4.91. The predicted molar refractivity (Wildman–Crippen MR) is 86.9 cm³/mol. The molecule has 0 unspecified atom stereocenters. The van der Waals surface area contributed by atoms with Crippen LogP contribution in [0.25, 0.3) is 0 Å². The van der Waals surface area contributed by atoms with E-state index in [1.54, 1.807) is 24.3 Å². The highest BCUT2D eigenvalue weighted by Crippen LogP contribution is 2.20. The number of thioether (sulfide) groups is 1. The number of hydrogen-bond acceptors (Lipinski definition) is 3. The van der Waals surface area contributed by atoms with Gasteiger partial charge in [0, 0.05) is 15.1 Å². The van der Waals surface area contributed by atoms with Crippen LogP contribution in [-0.4, -0.2) is 22.7 Å². The van der Waals surface area contributed by atoms with Crippen molar-refractivity contribution in [3.8, 4) is 0 Å². The Morgan fingerprint density at radius 3 is 2.62 bits per heavy atom. The summed E-state index contributed by atoms with van der Waals surface area (Å²) in [5, 5.41) is 11.7. The Kier molecular flexibility index (Phi) is 5.41. The van der Waals surface area contributed by atoms with Gasteiger partial charge >= 0.3 is 5.97 Å². The number of hydrogen-bond donors (Lipinski definition) is 2. The minimum atomic E-state index is -0.976. The zero-order valence-electron chi connectivity index (χ0n) is 10.9. The summed E-state index contributed by atoms with van der Waals surface area (Å²) in [4.78, 5) is 23.5. The van der Waals surface area contributed by atoms with E-state index in [2.05, 4.69) is 21.2 Å². The van der Waals surface area contributed by atoms with Gasteiger partial charge in [0.2, 0.25) is 5.91 Å². The molecule has 0 atom stereocenters. The molecule has 0 spiro atoms. The van der Waals surface area contributed by atoms with Crippen LogP contribution < -0.4 is 5.32 Å². The van der Waals surface area contributed by atoms with E-state index < -0.39 is 5.97 Å². The topological polar surface area (TPSA) is 66.4 Å². The summed E-state index contributed by atoms with van der Waals surface area (Å²) in [6, 6.07) is 13.9. The number of aromatic carboxylic acids is 1. The molecule has 0 heterocycles. The minimum absolute atomic E-state index is 0.140. The van der Waals surface area contributed by atoms with E-state index >= 15 is 0 Å². The number of rotatable bonds is 5. The van der Waals surface area contributed by atoms with Crippen LogP contribution in [0, 0.1) is 0 Å². The molecule has 0 fully saturated rings. The molecule has 4 nitrogen and oxygen atoms in total. The molecule has 108 valence electrons. The van der Waals surface area contributed by atoms with Crippen molar-refractivity contribution in [3.05, 3.63) is 58.6 Å². The summed E-state index contributed by atoms with van der Waals surface area (Å²) in [7, 11) is 0. The van der Waals surface area contributed by atoms with Crippen molar-refractivity contribution >= 4 is 45.3 Å². The number of amides is 1. The van der Waals surface area contributed by atoms with Crippen LogP contribution >= 0.6 is 27.7 Å². The average molecular weight is 366 g/mol. The Morgan fingerprint density at radius 2 is 1.90 bits per heavy atom. The molecule has 2 aromatic carbocycles. The third-order valence-corrected chi connectivity index (χ3v) is 4.05. The van der Waals surface area contributed by atoms with Crippen molar-refractivity contribution in [2.45, 2.75) is 4.90 Å². The van der Waals surface area contributed by atoms with Crippen molar-refractivity contribution in [1.82, 2.24) is 0 Å². The standard InChI is InChI=1S/C15H12BrNO3S/c16-11-4-2-5-12(8-11)17-14(18)9-21-13-6-1-3-10(7-13)15(19)20/h1-8H,9H2,(H,17,18)(H,19,20). The van der Waals surface area contributed by atoms with Gasteiger partial charge in [-0.1, -0.05) is 28.1 Å². The Bertz CT molecular complexity index is 675. The summed E-state index contributed by atoms with van der Waals surface area (Å²) >= 11 is 4.63. The number of carboxylic acids is 1. The van der Waals surface area contributed by atoms with Crippen molar-refractivity contribution in [3.63, 3.8) is 0 Å². The molecule has 2 rings (SSSR count). The first-order chi connectivity index (χ1) is 10.0. The number of carboxylic acid groups (broad SMARTS) is 1. The quantitative estimate of drug-likeness (QED) is 0.789. The Labute approximate surface area is 134 Å². The summed E-state index contributed by atoms with van der Waals surface area (Å²) in [6.45, 7) is 0. The summed E-state index contributed by atoms with van der Waals surface area (Å²) in [5.74, 6) is -0.898. The molecule has 0 aliphatic carbocycles. The lowest BCUT2D eigenvalue weighted by molar-refractivity contribution is -0.113. The van der Waals surface area contributed by atoms with Crippen LogP contribution in [0.2, 0.25) is 0 Å². The summed E-state index contributed by atoms with van der Waals surface area (Å²) in [6.07, 6.45) is 0. The van der Waals surface area contributed by atoms with E-state index in [0.29, 0.717) is 5.69 Å². The monoisotopic (exact) mass is 365 g/mol. The smallest absolute Gasteiger partial charge is 0.335 e. The summed E-state index contributed by atoms with van der Waals surface area (Å²) in [5.41, 5.74) is 0.932.